The van der Waals surface area contributed by atoms with Gasteiger partial charge in [-0.25, -0.2) is 0 Å². The zero-order valence-corrected chi connectivity index (χ0v) is 14.4. The first-order valence-corrected chi connectivity index (χ1v) is 8.85. The maximum Gasteiger partial charge on any atom is 0.257 e. The maximum absolute atomic E-state index is 11.9. The lowest BCUT2D eigenvalue weighted by atomic mass is 9.75. The standard InChI is InChI=1S/C16H21BrClNO2/c17-11-16(8-2-1-3-9-16)12-19-15(20)10-21-14-6-4-13(18)5-7-14/h4-7H,1-3,8-12H2,(H,19,20). The second-order valence-corrected chi connectivity index (χ2v) is 6.71. The number of carbonyl (C=O) groups excluding carboxylic acids is 1. The van der Waals surface area contributed by atoms with Gasteiger partial charge < -0.3 is 10.1 Å². The summed E-state index contributed by atoms with van der Waals surface area (Å²) in [5.41, 5.74) is 0.216. The lowest BCUT2D eigenvalue weighted by molar-refractivity contribution is -0.123. The van der Waals surface area contributed by atoms with Crippen molar-refractivity contribution in [2.24, 2.45) is 5.41 Å². The Morgan fingerprint density at radius 1 is 1.24 bits per heavy atom. The number of benzene rings is 1. The SMILES string of the molecule is O=C(COc1ccc(Cl)cc1)NCC1(CBr)CCCCC1. The molecule has 1 aliphatic rings. The van der Waals surface area contributed by atoms with E-state index in [0.717, 1.165) is 11.9 Å². The number of nitrogens with one attached hydrogen (secondary N) is 1. The Morgan fingerprint density at radius 3 is 2.52 bits per heavy atom. The van der Waals surface area contributed by atoms with Crippen LogP contribution in [-0.4, -0.2) is 24.4 Å². The molecule has 3 nitrogen and oxygen atoms in total. The van der Waals surface area contributed by atoms with Crippen LogP contribution in [0.15, 0.2) is 24.3 Å². The number of rotatable bonds is 6. The van der Waals surface area contributed by atoms with Crippen molar-refractivity contribution in [3.8, 4) is 5.75 Å². The fourth-order valence-corrected chi connectivity index (χ4v) is 3.56. The highest BCUT2D eigenvalue weighted by Crippen LogP contribution is 2.37. The minimum absolute atomic E-state index is 0.0417. The number of hydrogen-bond donors (Lipinski definition) is 1. The van der Waals surface area contributed by atoms with E-state index in [1.54, 1.807) is 24.3 Å². The summed E-state index contributed by atoms with van der Waals surface area (Å²) in [7, 11) is 0. The summed E-state index contributed by atoms with van der Waals surface area (Å²) in [5.74, 6) is 0.582. The van der Waals surface area contributed by atoms with Crippen LogP contribution in [0.25, 0.3) is 0 Å². The molecule has 0 spiro atoms. The van der Waals surface area contributed by atoms with Crippen LogP contribution in [0.5, 0.6) is 5.75 Å². The van der Waals surface area contributed by atoms with Crippen molar-refractivity contribution in [3.05, 3.63) is 29.3 Å². The molecule has 0 saturated heterocycles. The van der Waals surface area contributed by atoms with E-state index in [0.29, 0.717) is 10.8 Å². The van der Waals surface area contributed by atoms with Gasteiger partial charge in [0.25, 0.3) is 5.91 Å². The molecule has 1 aliphatic carbocycles. The predicted octanol–water partition coefficient (Wildman–Crippen LogP) is 4.18. The minimum Gasteiger partial charge on any atom is -0.484 e. The summed E-state index contributed by atoms with van der Waals surface area (Å²) in [4.78, 5) is 11.9. The lowest BCUT2D eigenvalue weighted by Crippen LogP contribution is -2.41. The quantitative estimate of drug-likeness (QED) is 0.759. The predicted molar refractivity (Wildman–Crippen MR) is 89.3 cm³/mol. The van der Waals surface area contributed by atoms with E-state index >= 15 is 0 Å². The van der Waals surface area contributed by atoms with Gasteiger partial charge in [-0.3, -0.25) is 4.79 Å². The summed E-state index contributed by atoms with van der Waals surface area (Å²) in [6.45, 7) is 0.765. The third kappa shape index (κ3) is 5.19. The number of alkyl halides is 1. The molecule has 0 unspecified atom stereocenters. The molecule has 1 aromatic carbocycles. The first kappa shape index (κ1) is 16.6. The molecule has 2 rings (SSSR count). The summed E-state index contributed by atoms with van der Waals surface area (Å²) >= 11 is 9.41. The fraction of sp³-hybridized carbons (Fsp3) is 0.562. The van der Waals surface area contributed by atoms with Gasteiger partial charge in [0, 0.05) is 16.9 Å². The normalized spacial score (nSPS) is 17.2. The van der Waals surface area contributed by atoms with Gasteiger partial charge in [0.2, 0.25) is 0 Å². The number of hydrogen-bond acceptors (Lipinski definition) is 2. The van der Waals surface area contributed by atoms with Crippen molar-refractivity contribution < 1.29 is 9.53 Å². The van der Waals surface area contributed by atoms with Gasteiger partial charge in [-0.1, -0.05) is 46.8 Å². The lowest BCUT2D eigenvalue weighted by Gasteiger charge is -2.35. The van der Waals surface area contributed by atoms with Crippen molar-refractivity contribution in [2.75, 3.05) is 18.5 Å². The Kier molecular flexibility index (Phi) is 6.37. The summed E-state index contributed by atoms with van der Waals surface area (Å²) < 4.78 is 5.45. The van der Waals surface area contributed by atoms with Crippen LogP contribution in [0.2, 0.25) is 5.02 Å². The first-order valence-electron chi connectivity index (χ1n) is 7.35. The Bertz CT molecular complexity index is 458. The Morgan fingerprint density at radius 2 is 1.90 bits per heavy atom. The maximum atomic E-state index is 11.9. The molecule has 21 heavy (non-hydrogen) atoms. The molecule has 0 heterocycles. The van der Waals surface area contributed by atoms with Crippen LogP contribution in [0.4, 0.5) is 0 Å². The summed E-state index contributed by atoms with van der Waals surface area (Å²) in [6.07, 6.45) is 6.17. The second kappa shape index (κ2) is 8.04. The van der Waals surface area contributed by atoms with Crippen molar-refractivity contribution in [1.29, 1.82) is 0 Å². The Hall–Kier alpha value is -0.740. The first-order chi connectivity index (χ1) is 10.1. The highest BCUT2D eigenvalue weighted by Gasteiger charge is 2.31. The van der Waals surface area contributed by atoms with E-state index in [2.05, 4.69) is 21.2 Å². The van der Waals surface area contributed by atoms with E-state index < -0.39 is 0 Å². The molecular formula is C16H21BrClNO2. The third-order valence-corrected chi connectivity index (χ3v) is 5.48. The zero-order valence-electron chi connectivity index (χ0n) is 12.0. The van der Waals surface area contributed by atoms with E-state index in [9.17, 15) is 4.79 Å². The molecule has 1 N–H and O–H groups in total. The molecule has 1 fully saturated rings. The average molecular weight is 375 g/mol. The van der Waals surface area contributed by atoms with E-state index in [-0.39, 0.29) is 17.9 Å². The third-order valence-electron chi connectivity index (χ3n) is 4.04. The van der Waals surface area contributed by atoms with Gasteiger partial charge in [-0.2, -0.15) is 0 Å². The van der Waals surface area contributed by atoms with Crippen molar-refractivity contribution in [1.82, 2.24) is 5.32 Å². The van der Waals surface area contributed by atoms with Crippen LogP contribution in [0.1, 0.15) is 32.1 Å². The van der Waals surface area contributed by atoms with Gasteiger partial charge in [-0.05, 0) is 42.5 Å². The fourth-order valence-electron chi connectivity index (χ4n) is 2.68. The molecule has 0 bridgehead atoms. The number of halogens is 2. The largest absolute Gasteiger partial charge is 0.484 e. The summed E-state index contributed by atoms with van der Waals surface area (Å²) in [6, 6.07) is 7.01. The monoisotopic (exact) mass is 373 g/mol. The van der Waals surface area contributed by atoms with Crippen LogP contribution in [-0.2, 0) is 4.79 Å². The molecule has 0 radical (unpaired) electrons. The van der Waals surface area contributed by atoms with Crippen LogP contribution in [0, 0.1) is 5.41 Å². The molecular weight excluding hydrogens is 354 g/mol. The van der Waals surface area contributed by atoms with Crippen molar-refractivity contribution in [2.45, 2.75) is 32.1 Å². The molecule has 1 aromatic rings. The van der Waals surface area contributed by atoms with E-state index in [1.165, 1.54) is 32.1 Å². The molecule has 0 aliphatic heterocycles. The molecule has 1 saturated carbocycles. The van der Waals surface area contributed by atoms with E-state index in [1.807, 2.05) is 0 Å². The molecule has 0 atom stereocenters. The van der Waals surface area contributed by atoms with Crippen molar-refractivity contribution in [3.63, 3.8) is 0 Å². The van der Waals surface area contributed by atoms with Crippen LogP contribution >= 0.6 is 27.5 Å². The van der Waals surface area contributed by atoms with Crippen LogP contribution in [0.3, 0.4) is 0 Å². The van der Waals surface area contributed by atoms with Gasteiger partial charge in [0.15, 0.2) is 6.61 Å². The highest BCUT2D eigenvalue weighted by molar-refractivity contribution is 9.09. The minimum atomic E-state index is -0.0733. The second-order valence-electron chi connectivity index (χ2n) is 5.71. The Balaban J connectivity index is 1.75. The topological polar surface area (TPSA) is 38.3 Å². The number of amides is 1. The molecule has 1 amide bonds. The Labute approximate surface area is 139 Å². The van der Waals surface area contributed by atoms with E-state index in [4.69, 9.17) is 16.3 Å². The van der Waals surface area contributed by atoms with Gasteiger partial charge in [0.1, 0.15) is 5.75 Å². The van der Waals surface area contributed by atoms with Gasteiger partial charge in [0.05, 0.1) is 0 Å². The zero-order chi connectivity index (χ0) is 15.1. The molecule has 0 aromatic heterocycles. The molecule has 116 valence electrons. The smallest absolute Gasteiger partial charge is 0.257 e. The van der Waals surface area contributed by atoms with Crippen LogP contribution < -0.4 is 10.1 Å². The van der Waals surface area contributed by atoms with Gasteiger partial charge in [-0.15, -0.1) is 0 Å². The van der Waals surface area contributed by atoms with Crippen molar-refractivity contribution >= 4 is 33.4 Å². The highest BCUT2D eigenvalue weighted by atomic mass is 79.9. The summed E-state index contributed by atoms with van der Waals surface area (Å²) in [5, 5.41) is 4.60. The van der Waals surface area contributed by atoms with Gasteiger partial charge >= 0.3 is 0 Å². The number of ether oxygens (including phenoxy) is 1. The average Bonchev–Trinajstić information content (AvgIpc) is 2.53. The number of carbonyl (C=O) groups is 1. The molecule has 5 heteroatoms.